The van der Waals surface area contributed by atoms with Crippen LogP contribution in [0.15, 0.2) is 18.2 Å². The number of halogens is 1. The van der Waals surface area contributed by atoms with E-state index >= 15 is 0 Å². The topological polar surface area (TPSA) is 32.3 Å². The maximum atomic E-state index is 11.9. The lowest BCUT2D eigenvalue weighted by molar-refractivity contribution is -0.118. The lowest BCUT2D eigenvalue weighted by Crippen LogP contribution is -2.26. The molecule has 0 unspecified atom stereocenters. The van der Waals surface area contributed by atoms with Crippen LogP contribution in [-0.4, -0.2) is 26.5 Å². The van der Waals surface area contributed by atoms with Crippen molar-refractivity contribution in [2.24, 2.45) is 0 Å². The Morgan fingerprint density at radius 2 is 2.18 bits per heavy atom. The maximum absolute atomic E-state index is 11.9. The van der Waals surface area contributed by atoms with Gasteiger partial charge in [0.1, 0.15) is 0 Å². The van der Waals surface area contributed by atoms with E-state index in [1.165, 1.54) is 0 Å². The summed E-state index contributed by atoms with van der Waals surface area (Å²) in [5.41, 5.74) is 1.86. The molecule has 0 radical (unpaired) electrons. The molecule has 0 saturated carbocycles. The first-order valence-corrected chi connectivity index (χ1v) is 6.11. The summed E-state index contributed by atoms with van der Waals surface area (Å²) >= 11 is 6.04. The minimum atomic E-state index is 0.111. The number of rotatable bonds is 5. The Bertz CT molecular complexity index is 393. The molecule has 3 nitrogen and oxygen atoms in total. The van der Waals surface area contributed by atoms with Crippen LogP contribution in [0.1, 0.15) is 18.4 Å². The molecule has 17 heavy (non-hydrogen) atoms. The molecule has 0 aliphatic carbocycles. The molecule has 1 amide bonds. The molecule has 0 atom stereocenters. The molecule has 0 spiro atoms. The molecule has 0 aliphatic heterocycles. The summed E-state index contributed by atoms with van der Waals surface area (Å²) in [5, 5.41) is 3.72. The van der Waals surface area contributed by atoms with Gasteiger partial charge in [-0.2, -0.15) is 0 Å². The van der Waals surface area contributed by atoms with Crippen molar-refractivity contribution in [2.45, 2.75) is 19.8 Å². The van der Waals surface area contributed by atoms with E-state index in [9.17, 15) is 4.79 Å². The molecule has 1 rings (SSSR count). The van der Waals surface area contributed by atoms with Gasteiger partial charge in [-0.05, 0) is 44.6 Å². The number of nitrogens with zero attached hydrogens (tertiary/aromatic N) is 1. The molecule has 4 heteroatoms. The van der Waals surface area contributed by atoms with E-state index in [1.54, 1.807) is 11.9 Å². The van der Waals surface area contributed by atoms with Crippen molar-refractivity contribution in [1.29, 1.82) is 0 Å². The summed E-state index contributed by atoms with van der Waals surface area (Å²) in [6.45, 7) is 2.80. The van der Waals surface area contributed by atoms with Gasteiger partial charge in [-0.3, -0.25) is 4.79 Å². The predicted molar refractivity (Wildman–Crippen MR) is 72.8 cm³/mol. The Kier molecular flexibility index (Phi) is 5.45. The van der Waals surface area contributed by atoms with E-state index in [0.29, 0.717) is 11.4 Å². The van der Waals surface area contributed by atoms with Gasteiger partial charge < -0.3 is 10.2 Å². The van der Waals surface area contributed by atoms with Crippen LogP contribution in [0.5, 0.6) is 0 Å². The first-order chi connectivity index (χ1) is 8.06. The zero-order chi connectivity index (χ0) is 12.8. The van der Waals surface area contributed by atoms with Gasteiger partial charge >= 0.3 is 0 Å². The van der Waals surface area contributed by atoms with Gasteiger partial charge in [-0.25, -0.2) is 0 Å². The molecule has 0 bridgehead atoms. The van der Waals surface area contributed by atoms with Crippen LogP contribution in [-0.2, 0) is 4.79 Å². The van der Waals surface area contributed by atoms with Crippen LogP contribution in [0, 0.1) is 6.92 Å². The summed E-state index contributed by atoms with van der Waals surface area (Å²) in [7, 11) is 3.66. The van der Waals surface area contributed by atoms with E-state index in [1.807, 2.05) is 32.2 Å². The fourth-order valence-corrected chi connectivity index (χ4v) is 1.69. The van der Waals surface area contributed by atoms with Crippen LogP contribution < -0.4 is 10.2 Å². The highest BCUT2D eigenvalue weighted by Gasteiger charge is 2.11. The summed E-state index contributed by atoms with van der Waals surface area (Å²) in [5.74, 6) is 0.111. The Labute approximate surface area is 108 Å². The summed E-state index contributed by atoms with van der Waals surface area (Å²) in [4.78, 5) is 13.5. The predicted octanol–water partition coefficient (Wildman–Crippen LogP) is 2.61. The Morgan fingerprint density at radius 3 is 2.76 bits per heavy atom. The van der Waals surface area contributed by atoms with Crippen LogP contribution in [0.3, 0.4) is 0 Å². The summed E-state index contributed by atoms with van der Waals surface area (Å²) in [6, 6.07) is 5.67. The monoisotopic (exact) mass is 254 g/mol. The number of carbonyl (C=O) groups excluding carboxylic acids is 1. The number of hydrogen-bond acceptors (Lipinski definition) is 2. The fourth-order valence-electron chi connectivity index (χ4n) is 1.52. The second-order valence-electron chi connectivity index (χ2n) is 4.09. The maximum Gasteiger partial charge on any atom is 0.226 e. The van der Waals surface area contributed by atoms with Gasteiger partial charge in [0, 0.05) is 24.2 Å². The largest absolute Gasteiger partial charge is 0.320 e. The van der Waals surface area contributed by atoms with Gasteiger partial charge in [-0.1, -0.05) is 17.7 Å². The van der Waals surface area contributed by atoms with Gasteiger partial charge in [0.15, 0.2) is 0 Å². The SMILES string of the molecule is CNCCCC(=O)N(C)c1ccc(C)c(Cl)c1. The number of aryl methyl sites for hydroxylation is 1. The van der Waals surface area contributed by atoms with Crippen molar-refractivity contribution >= 4 is 23.2 Å². The minimum Gasteiger partial charge on any atom is -0.320 e. The molecule has 1 N–H and O–H groups in total. The quantitative estimate of drug-likeness (QED) is 0.820. The number of carbonyl (C=O) groups is 1. The van der Waals surface area contributed by atoms with Gasteiger partial charge in [0.25, 0.3) is 0 Å². The van der Waals surface area contributed by atoms with Crippen molar-refractivity contribution in [2.75, 3.05) is 25.5 Å². The van der Waals surface area contributed by atoms with Crippen LogP contribution >= 0.6 is 11.6 Å². The van der Waals surface area contributed by atoms with Gasteiger partial charge in [-0.15, -0.1) is 0 Å². The van der Waals surface area contributed by atoms with Crippen molar-refractivity contribution in [3.05, 3.63) is 28.8 Å². The first-order valence-electron chi connectivity index (χ1n) is 5.73. The lowest BCUT2D eigenvalue weighted by atomic mass is 10.2. The van der Waals surface area contributed by atoms with Gasteiger partial charge in [0.05, 0.1) is 0 Å². The van der Waals surface area contributed by atoms with Crippen molar-refractivity contribution in [3.63, 3.8) is 0 Å². The average molecular weight is 255 g/mol. The van der Waals surface area contributed by atoms with E-state index in [2.05, 4.69) is 5.32 Å². The summed E-state index contributed by atoms with van der Waals surface area (Å²) < 4.78 is 0. The zero-order valence-electron chi connectivity index (χ0n) is 10.6. The molecule has 0 heterocycles. The second-order valence-corrected chi connectivity index (χ2v) is 4.50. The first kappa shape index (κ1) is 14.0. The summed E-state index contributed by atoms with van der Waals surface area (Å²) in [6.07, 6.45) is 1.39. The molecule has 0 aliphatic rings. The molecule has 1 aromatic carbocycles. The third-order valence-corrected chi connectivity index (χ3v) is 3.14. The molecule has 1 aromatic rings. The van der Waals surface area contributed by atoms with Crippen LogP contribution in [0.4, 0.5) is 5.69 Å². The second kappa shape index (κ2) is 6.62. The highest BCUT2D eigenvalue weighted by atomic mass is 35.5. The number of nitrogens with one attached hydrogen (secondary N) is 1. The number of benzene rings is 1. The standard InChI is InChI=1S/C13H19ClN2O/c1-10-6-7-11(9-12(10)14)16(3)13(17)5-4-8-15-2/h6-7,9,15H,4-5,8H2,1-3H3. The highest BCUT2D eigenvalue weighted by Crippen LogP contribution is 2.22. The van der Waals surface area contributed by atoms with E-state index in [-0.39, 0.29) is 5.91 Å². The molecular weight excluding hydrogens is 236 g/mol. The Balaban J connectivity index is 2.65. The van der Waals surface area contributed by atoms with Crippen molar-refractivity contribution in [1.82, 2.24) is 5.32 Å². The fraction of sp³-hybridized carbons (Fsp3) is 0.462. The van der Waals surface area contributed by atoms with Crippen molar-refractivity contribution in [3.8, 4) is 0 Å². The smallest absolute Gasteiger partial charge is 0.226 e. The number of amides is 1. The van der Waals surface area contributed by atoms with E-state index < -0.39 is 0 Å². The number of anilines is 1. The Morgan fingerprint density at radius 1 is 1.47 bits per heavy atom. The molecular formula is C13H19ClN2O. The molecule has 0 fully saturated rings. The number of hydrogen-bond donors (Lipinski definition) is 1. The molecule has 0 aromatic heterocycles. The molecule has 0 saturated heterocycles. The third-order valence-electron chi connectivity index (χ3n) is 2.73. The zero-order valence-corrected chi connectivity index (χ0v) is 11.3. The van der Waals surface area contributed by atoms with E-state index in [0.717, 1.165) is 24.2 Å². The highest BCUT2D eigenvalue weighted by molar-refractivity contribution is 6.31. The normalized spacial score (nSPS) is 10.4. The molecule has 94 valence electrons. The van der Waals surface area contributed by atoms with E-state index in [4.69, 9.17) is 11.6 Å². The van der Waals surface area contributed by atoms with Crippen LogP contribution in [0.25, 0.3) is 0 Å². The minimum absolute atomic E-state index is 0.111. The third kappa shape index (κ3) is 4.02. The van der Waals surface area contributed by atoms with Crippen molar-refractivity contribution < 1.29 is 4.79 Å². The van der Waals surface area contributed by atoms with Crippen LogP contribution in [0.2, 0.25) is 5.02 Å². The van der Waals surface area contributed by atoms with Gasteiger partial charge in [0.2, 0.25) is 5.91 Å². The Hall–Kier alpha value is -1.06. The lowest BCUT2D eigenvalue weighted by Gasteiger charge is -2.18. The average Bonchev–Trinajstić information content (AvgIpc) is 2.32.